The number of rotatable bonds is 3. The fraction of sp³-hybridized carbons (Fsp3) is 0. The molecule has 0 bridgehead atoms. The zero-order chi connectivity index (χ0) is 10.4. The summed E-state index contributed by atoms with van der Waals surface area (Å²) in [6, 6.07) is 9.30. The van der Waals surface area contributed by atoms with E-state index in [0.717, 1.165) is 11.6 Å². The Kier molecular flexibility index (Phi) is 3.49. The fourth-order valence-corrected chi connectivity index (χ4v) is 0.920. The minimum atomic E-state index is -1.17. The maximum atomic E-state index is 10.2. The summed E-state index contributed by atoms with van der Waals surface area (Å²) in [6.45, 7) is 0. The molecule has 0 radical (unpaired) electrons. The molecule has 3 nitrogen and oxygen atoms in total. The van der Waals surface area contributed by atoms with E-state index in [0.29, 0.717) is 0 Å². The molecule has 0 aromatic heterocycles. The molecule has 2 N–H and O–H groups in total. The molecule has 0 spiro atoms. The Morgan fingerprint density at radius 3 is 2.36 bits per heavy atom. The number of aliphatic carboxylic acids is 1. The van der Waals surface area contributed by atoms with Gasteiger partial charge in [0.25, 0.3) is 0 Å². The first-order valence-electron chi connectivity index (χ1n) is 4.05. The van der Waals surface area contributed by atoms with Gasteiger partial charge in [-0.25, -0.2) is 4.79 Å². The van der Waals surface area contributed by atoms with Crippen LogP contribution in [-0.2, 0) is 4.79 Å². The average Bonchev–Trinajstić information content (AvgIpc) is 2.15. The Hall–Kier alpha value is -2.03. The van der Waals surface area contributed by atoms with Crippen LogP contribution in [0.5, 0.6) is 0 Å². The molecule has 0 unspecified atom stereocenters. The topological polar surface area (TPSA) is 57.5 Å². The van der Waals surface area contributed by atoms with Crippen LogP contribution in [0.3, 0.4) is 0 Å². The number of aliphatic hydroxyl groups is 1. The third-order valence-corrected chi connectivity index (χ3v) is 1.52. The molecule has 0 saturated carbocycles. The SMILES string of the molecule is O=C(O)/C=C(O)/C=C/c1ccccc1. The number of aliphatic hydroxyl groups excluding tert-OH is 1. The maximum Gasteiger partial charge on any atom is 0.332 e. The number of hydrogen-bond acceptors (Lipinski definition) is 2. The van der Waals surface area contributed by atoms with Gasteiger partial charge in [0.1, 0.15) is 5.76 Å². The standard InChI is InChI=1S/C11H10O3/c12-10(8-11(13)14)7-6-9-4-2-1-3-5-9/h1-8,12H,(H,13,14)/b7-6+,10-8-. The molecule has 3 heteroatoms. The van der Waals surface area contributed by atoms with Crippen molar-refractivity contribution >= 4 is 12.0 Å². The summed E-state index contributed by atoms with van der Waals surface area (Å²) in [6.07, 6.45) is 3.71. The van der Waals surface area contributed by atoms with Gasteiger partial charge in [-0.15, -0.1) is 0 Å². The lowest BCUT2D eigenvalue weighted by atomic mass is 10.2. The Morgan fingerprint density at radius 2 is 1.79 bits per heavy atom. The van der Waals surface area contributed by atoms with Crippen LogP contribution in [0.2, 0.25) is 0 Å². The molecule has 0 aliphatic heterocycles. The van der Waals surface area contributed by atoms with Crippen LogP contribution in [0, 0.1) is 0 Å². The van der Waals surface area contributed by atoms with Crippen LogP contribution in [0.1, 0.15) is 5.56 Å². The second-order valence-electron chi connectivity index (χ2n) is 2.65. The highest BCUT2D eigenvalue weighted by Gasteiger charge is 1.91. The van der Waals surface area contributed by atoms with Crippen LogP contribution in [-0.4, -0.2) is 16.2 Å². The molecule has 0 heterocycles. The van der Waals surface area contributed by atoms with E-state index in [1.54, 1.807) is 6.08 Å². The third-order valence-electron chi connectivity index (χ3n) is 1.52. The molecule has 0 aliphatic rings. The summed E-state index contributed by atoms with van der Waals surface area (Å²) < 4.78 is 0. The van der Waals surface area contributed by atoms with Gasteiger partial charge in [0.2, 0.25) is 0 Å². The minimum Gasteiger partial charge on any atom is -0.508 e. The molecule has 0 aliphatic carbocycles. The molecule has 1 rings (SSSR count). The molecule has 72 valence electrons. The van der Waals surface area contributed by atoms with Crippen molar-refractivity contribution in [1.29, 1.82) is 0 Å². The second kappa shape index (κ2) is 4.87. The van der Waals surface area contributed by atoms with Crippen molar-refractivity contribution in [2.75, 3.05) is 0 Å². The van der Waals surface area contributed by atoms with Gasteiger partial charge in [-0.1, -0.05) is 36.4 Å². The minimum absolute atomic E-state index is 0.277. The van der Waals surface area contributed by atoms with E-state index in [4.69, 9.17) is 10.2 Å². The maximum absolute atomic E-state index is 10.2. The Bertz CT molecular complexity index is 363. The molecule has 0 atom stereocenters. The summed E-state index contributed by atoms with van der Waals surface area (Å²) >= 11 is 0. The lowest BCUT2D eigenvalue weighted by molar-refractivity contribution is -0.131. The first-order valence-corrected chi connectivity index (χ1v) is 4.05. The van der Waals surface area contributed by atoms with E-state index in [9.17, 15) is 4.79 Å². The van der Waals surface area contributed by atoms with Crippen molar-refractivity contribution in [3.05, 3.63) is 53.8 Å². The highest BCUT2D eigenvalue weighted by molar-refractivity contribution is 5.81. The fourth-order valence-electron chi connectivity index (χ4n) is 0.920. The molecule has 1 aromatic carbocycles. The summed E-state index contributed by atoms with van der Waals surface area (Å²) in [5.41, 5.74) is 0.901. The van der Waals surface area contributed by atoms with Gasteiger partial charge in [-0.05, 0) is 11.6 Å². The lowest BCUT2D eigenvalue weighted by Gasteiger charge is -1.91. The highest BCUT2D eigenvalue weighted by atomic mass is 16.4. The number of carboxylic acids is 1. The normalized spacial score (nSPS) is 11.9. The molecular weight excluding hydrogens is 180 g/mol. The van der Waals surface area contributed by atoms with Gasteiger partial charge in [-0.3, -0.25) is 0 Å². The van der Waals surface area contributed by atoms with Gasteiger partial charge < -0.3 is 10.2 Å². The Labute approximate surface area is 81.6 Å². The van der Waals surface area contributed by atoms with Gasteiger partial charge in [0.05, 0.1) is 6.08 Å². The third kappa shape index (κ3) is 3.58. The summed E-state index contributed by atoms with van der Waals surface area (Å²) in [5.74, 6) is -1.44. The largest absolute Gasteiger partial charge is 0.508 e. The molecule has 14 heavy (non-hydrogen) atoms. The van der Waals surface area contributed by atoms with Crippen LogP contribution in [0.15, 0.2) is 48.2 Å². The summed E-state index contributed by atoms with van der Waals surface area (Å²) in [7, 11) is 0. The highest BCUT2D eigenvalue weighted by Crippen LogP contribution is 2.03. The first-order chi connectivity index (χ1) is 6.68. The van der Waals surface area contributed by atoms with Crippen molar-refractivity contribution < 1.29 is 15.0 Å². The van der Waals surface area contributed by atoms with Gasteiger partial charge in [0.15, 0.2) is 0 Å². The van der Waals surface area contributed by atoms with Gasteiger partial charge in [-0.2, -0.15) is 0 Å². The molecule has 0 saturated heterocycles. The van der Waals surface area contributed by atoms with Crippen LogP contribution in [0.4, 0.5) is 0 Å². The predicted octanol–water partition coefficient (Wildman–Crippen LogP) is 2.23. The number of hydrogen-bond donors (Lipinski definition) is 2. The molecule has 1 aromatic rings. The first kappa shape index (κ1) is 10.1. The number of carboxylic acid groups (broad SMARTS) is 1. The number of allylic oxidation sites excluding steroid dienone is 1. The number of benzene rings is 1. The monoisotopic (exact) mass is 190 g/mol. The zero-order valence-corrected chi connectivity index (χ0v) is 7.42. The molecule has 0 fully saturated rings. The van der Waals surface area contributed by atoms with E-state index >= 15 is 0 Å². The quantitative estimate of drug-likeness (QED) is 0.436. The van der Waals surface area contributed by atoms with Gasteiger partial charge >= 0.3 is 5.97 Å². The van der Waals surface area contributed by atoms with Crippen molar-refractivity contribution in [3.63, 3.8) is 0 Å². The van der Waals surface area contributed by atoms with E-state index in [1.165, 1.54) is 6.08 Å². The molecular formula is C11H10O3. The lowest BCUT2D eigenvalue weighted by Crippen LogP contribution is -1.89. The van der Waals surface area contributed by atoms with Crippen molar-refractivity contribution in [3.8, 4) is 0 Å². The second-order valence-corrected chi connectivity index (χ2v) is 2.65. The number of carbonyl (C=O) groups is 1. The van der Waals surface area contributed by atoms with Crippen LogP contribution < -0.4 is 0 Å². The van der Waals surface area contributed by atoms with E-state index in [-0.39, 0.29) is 5.76 Å². The molecule has 0 amide bonds. The van der Waals surface area contributed by atoms with Crippen LogP contribution >= 0.6 is 0 Å². The average molecular weight is 190 g/mol. The Balaban J connectivity index is 2.70. The van der Waals surface area contributed by atoms with Crippen LogP contribution in [0.25, 0.3) is 6.08 Å². The van der Waals surface area contributed by atoms with Crippen molar-refractivity contribution in [1.82, 2.24) is 0 Å². The smallest absolute Gasteiger partial charge is 0.332 e. The van der Waals surface area contributed by atoms with Gasteiger partial charge in [0, 0.05) is 0 Å². The van der Waals surface area contributed by atoms with E-state index in [1.807, 2.05) is 30.3 Å². The van der Waals surface area contributed by atoms with Crippen molar-refractivity contribution in [2.45, 2.75) is 0 Å². The van der Waals surface area contributed by atoms with E-state index < -0.39 is 5.97 Å². The zero-order valence-electron chi connectivity index (χ0n) is 7.42. The van der Waals surface area contributed by atoms with E-state index in [2.05, 4.69) is 0 Å². The summed E-state index contributed by atoms with van der Waals surface area (Å²) in [5, 5.41) is 17.4. The predicted molar refractivity (Wildman–Crippen MR) is 53.8 cm³/mol. The Morgan fingerprint density at radius 1 is 1.14 bits per heavy atom. The summed E-state index contributed by atoms with van der Waals surface area (Å²) in [4.78, 5) is 10.2. The van der Waals surface area contributed by atoms with Crippen molar-refractivity contribution in [2.24, 2.45) is 0 Å².